The van der Waals surface area contributed by atoms with Gasteiger partial charge in [0.25, 0.3) is 0 Å². The van der Waals surface area contributed by atoms with Gasteiger partial charge in [-0.15, -0.1) is 0 Å². The molecule has 0 fully saturated rings. The third-order valence-electron chi connectivity index (χ3n) is 2.92. The normalized spacial score (nSPS) is 11.9. The molecule has 0 aliphatic rings. The molecule has 1 atom stereocenters. The highest BCUT2D eigenvalue weighted by Crippen LogP contribution is 2.15. The predicted octanol–water partition coefficient (Wildman–Crippen LogP) is 2.99. The summed E-state index contributed by atoms with van der Waals surface area (Å²) in [6.45, 7) is 1.93. The highest BCUT2D eigenvalue weighted by Gasteiger charge is 2.12. The second kappa shape index (κ2) is 6.48. The second-order valence-corrected chi connectivity index (χ2v) is 5.91. The van der Waals surface area contributed by atoms with Crippen molar-refractivity contribution in [2.75, 3.05) is 12.9 Å². The molecule has 2 aromatic rings. The van der Waals surface area contributed by atoms with Gasteiger partial charge < -0.3 is 4.74 Å². The number of ketones is 1. The number of rotatable bonds is 5. The molecule has 0 aliphatic carbocycles. The lowest BCUT2D eigenvalue weighted by Gasteiger charge is -2.04. The van der Waals surface area contributed by atoms with Gasteiger partial charge in [0.2, 0.25) is 0 Å². The topological polar surface area (TPSA) is 43.4 Å². The molecule has 0 radical (unpaired) electrons. The Morgan fingerprint density at radius 3 is 2.45 bits per heavy atom. The van der Waals surface area contributed by atoms with Crippen molar-refractivity contribution < 1.29 is 13.7 Å². The molecule has 0 saturated heterocycles. The molecule has 2 aromatic carbocycles. The molecule has 20 heavy (non-hydrogen) atoms. The van der Waals surface area contributed by atoms with Crippen LogP contribution < -0.4 is 4.74 Å². The lowest BCUT2D eigenvalue weighted by atomic mass is 10.1. The number of hydrogen-bond acceptors (Lipinski definition) is 3. The number of benzene rings is 2. The minimum atomic E-state index is -1.34. The van der Waals surface area contributed by atoms with E-state index in [0.29, 0.717) is 16.2 Å². The lowest BCUT2D eigenvalue weighted by Crippen LogP contribution is -2.11. The van der Waals surface area contributed by atoms with Gasteiger partial charge in [0.15, 0.2) is 5.78 Å². The minimum Gasteiger partial charge on any atom is -0.497 e. The highest BCUT2D eigenvalue weighted by atomic mass is 32.2. The van der Waals surface area contributed by atoms with E-state index in [1.807, 2.05) is 25.1 Å². The number of Topliss-reactive ketones (excluding diaryl/α,β-unsaturated/α-hetero) is 1. The van der Waals surface area contributed by atoms with Crippen molar-refractivity contribution in [3.8, 4) is 5.75 Å². The number of ether oxygens (including phenoxy) is 1. The standard InChI is InChI=1S/C16H16O3S/c1-12-4-3-5-13(10-12)16(17)11-20(18)15-8-6-14(19-2)7-9-15/h3-10H,11H2,1-2H3. The summed E-state index contributed by atoms with van der Waals surface area (Å²) in [7, 11) is 0.241. The van der Waals surface area contributed by atoms with Gasteiger partial charge >= 0.3 is 0 Å². The van der Waals surface area contributed by atoms with Crippen molar-refractivity contribution >= 4 is 16.6 Å². The molecule has 0 heterocycles. The van der Waals surface area contributed by atoms with Crippen molar-refractivity contribution in [3.05, 3.63) is 59.7 Å². The maximum absolute atomic E-state index is 12.2. The van der Waals surface area contributed by atoms with Crippen LogP contribution >= 0.6 is 0 Å². The van der Waals surface area contributed by atoms with Crippen LogP contribution in [0.15, 0.2) is 53.4 Å². The summed E-state index contributed by atoms with van der Waals surface area (Å²) in [5, 5.41) is 0. The summed E-state index contributed by atoms with van der Waals surface area (Å²) in [5.41, 5.74) is 1.62. The van der Waals surface area contributed by atoms with Gasteiger partial charge in [-0.25, -0.2) is 0 Å². The van der Waals surface area contributed by atoms with E-state index in [2.05, 4.69) is 0 Å². The zero-order valence-electron chi connectivity index (χ0n) is 11.5. The molecule has 0 amide bonds. The molecule has 0 aliphatic heterocycles. The Kier molecular flexibility index (Phi) is 4.69. The van der Waals surface area contributed by atoms with Crippen molar-refractivity contribution in [1.29, 1.82) is 0 Å². The number of carbonyl (C=O) groups excluding carboxylic acids is 1. The molecule has 0 N–H and O–H groups in total. The molecule has 0 saturated carbocycles. The summed E-state index contributed by atoms with van der Waals surface area (Å²) in [6.07, 6.45) is 0. The smallest absolute Gasteiger partial charge is 0.175 e. The van der Waals surface area contributed by atoms with Gasteiger partial charge in [0.05, 0.1) is 23.7 Å². The Morgan fingerprint density at radius 1 is 1.15 bits per heavy atom. The molecule has 104 valence electrons. The van der Waals surface area contributed by atoms with E-state index in [-0.39, 0.29) is 11.5 Å². The van der Waals surface area contributed by atoms with Crippen LogP contribution in [0.25, 0.3) is 0 Å². The summed E-state index contributed by atoms with van der Waals surface area (Å²) in [6, 6.07) is 14.2. The summed E-state index contributed by atoms with van der Waals surface area (Å²) >= 11 is 0. The van der Waals surface area contributed by atoms with Crippen LogP contribution in [0.3, 0.4) is 0 Å². The predicted molar refractivity (Wildman–Crippen MR) is 79.8 cm³/mol. The van der Waals surface area contributed by atoms with Gasteiger partial charge in [-0.2, -0.15) is 0 Å². The van der Waals surface area contributed by atoms with E-state index >= 15 is 0 Å². The third-order valence-corrected chi connectivity index (χ3v) is 4.25. The van der Waals surface area contributed by atoms with Crippen molar-refractivity contribution in [2.24, 2.45) is 0 Å². The summed E-state index contributed by atoms with van der Waals surface area (Å²) in [4.78, 5) is 12.7. The molecular formula is C16H16O3S. The average molecular weight is 288 g/mol. The van der Waals surface area contributed by atoms with E-state index in [4.69, 9.17) is 4.74 Å². The van der Waals surface area contributed by atoms with E-state index in [1.54, 1.807) is 37.4 Å². The number of methoxy groups -OCH3 is 1. The van der Waals surface area contributed by atoms with Crippen LogP contribution in [0.4, 0.5) is 0 Å². The zero-order valence-corrected chi connectivity index (χ0v) is 12.3. The van der Waals surface area contributed by atoms with Crippen LogP contribution in [0.5, 0.6) is 5.75 Å². The van der Waals surface area contributed by atoms with Gasteiger partial charge in [0, 0.05) is 10.5 Å². The van der Waals surface area contributed by atoms with Crippen LogP contribution in [0, 0.1) is 6.92 Å². The fourth-order valence-corrected chi connectivity index (χ4v) is 2.84. The van der Waals surface area contributed by atoms with Crippen molar-refractivity contribution in [2.45, 2.75) is 11.8 Å². The van der Waals surface area contributed by atoms with Crippen LogP contribution in [-0.4, -0.2) is 22.9 Å². The maximum atomic E-state index is 12.2. The van der Waals surface area contributed by atoms with Crippen molar-refractivity contribution in [1.82, 2.24) is 0 Å². The monoisotopic (exact) mass is 288 g/mol. The van der Waals surface area contributed by atoms with Crippen LogP contribution in [0.2, 0.25) is 0 Å². The first-order valence-corrected chi connectivity index (χ1v) is 7.54. The molecular weight excluding hydrogens is 272 g/mol. The molecule has 2 rings (SSSR count). The maximum Gasteiger partial charge on any atom is 0.175 e. The Balaban J connectivity index is 2.08. The van der Waals surface area contributed by atoms with Gasteiger partial charge in [-0.3, -0.25) is 9.00 Å². The first-order valence-electron chi connectivity index (χ1n) is 6.22. The summed E-state index contributed by atoms with van der Waals surface area (Å²) in [5.74, 6) is 0.592. The quantitative estimate of drug-likeness (QED) is 0.794. The average Bonchev–Trinajstić information content (AvgIpc) is 2.47. The summed E-state index contributed by atoms with van der Waals surface area (Å²) < 4.78 is 17.2. The molecule has 4 heteroatoms. The lowest BCUT2D eigenvalue weighted by molar-refractivity contribution is 0.102. The SMILES string of the molecule is COc1ccc(S(=O)CC(=O)c2cccc(C)c2)cc1. The fourth-order valence-electron chi connectivity index (χ4n) is 1.83. The molecule has 0 aromatic heterocycles. The van der Waals surface area contributed by atoms with E-state index in [1.165, 1.54) is 0 Å². The van der Waals surface area contributed by atoms with Gasteiger partial charge in [0.1, 0.15) is 5.75 Å². The van der Waals surface area contributed by atoms with Gasteiger partial charge in [-0.05, 0) is 37.3 Å². The van der Waals surface area contributed by atoms with E-state index in [9.17, 15) is 9.00 Å². The van der Waals surface area contributed by atoms with Crippen LogP contribution in [0.1, 0.15) is 15.9 Å². The second-order valence-electron chi connectivity index (χ2n) is 4.46. The first kappa shape index (κ1) is 14.5. The minimum absolute atomic E-state index is 0.00418. The molecule has 1 unspecified atom stereocenters. The largest absolute Gasteiger partial charge is 0.497 e. The Morgan fingerprint density at radius 2 is 1.85 bits per heavy atom. The zero-order chi connectivity index (χ0) is 14.5. The highest BCUT2D eigenvalue weighted by molar-refractivity contribution is 7.85. The Labute approximate surface area is 121 Å². The first-order chi connectivity index (χ1) is 9.60. The molecule has 0 bridgehead atoms. The van der Waals surface area contributed by atoms with E-state index < -0.39 is 10.8 Å². The van der Waals surface area contributed by atoms with Crippen LogP contribution in [-0.2, 0) is 10.8 Å². The number of aryl methyl sites for hydroxylation is 1. The van der Waals surface area contributed by atoms with E-state index in [0.717, 1.165) is 5.56 Å². The third kappa shape index (κ3) is 3.54. The Bertz CT molecular complexity index is 632. The van der Waals surface area contributed by atoms with Crippen molar-refractivity contribution in [3.63, 3.8) is 0 Å². The Hall–Kier alpha value is -1.94. The fraction of sp³-hybridized carbons (Fsp3) is 0.188. The molecule has 3 nitrogen and oxygen atoms in total. The molecule has 0 spiro atoms. The number of carbonyl (C=O) groups is 1. The number of hydrogen-bond donors (Lipinski definition) is 0. The van der Waals surface area contributed by atoms with Gasteiger partial charge in [-0.1, -0.05) is 23.8 Å².